The van der Waals surface area contributed by atoms with Crippen molar-refractivity contribution in [2.45, 2.75) is 0 Å². The number of hydrogen-bond acceptors (Lipinski definition) is 3. The maximum atomic E-state index is 5.25. The number of nitrogens with zero attached hydrogens (tertiary/aromatic N) is 5. The second-order valence-corrected chi connectivity index (χ2v) is 12.5. The van der Waals surface area contributed by atoms with Crippen LogP contribution in [0.5, 0.6) is 0 Å². The summed E-state index contributed by atoms with van der Waals surface area (Å²) in [7, 11) is 0. The van der Waals surface area contributed by atoms with Gasteiger partial charge in [-0.05, 0) is 72.8 Å². The molecule has 0 N–H and O–H groups in total. The third-order valence-corrected chi connectivity index (χ3v) is 9.62. The molecule has 0 saturated carbocycles. The molecule has 10 rings (SSSR count). The Morgan fingerprint density at radius 2 is 1.14 bits per heavy atom. The zero-order valence-corrected chi connectivity index (χ0v) is 27.0. The Morgan fingerprint density at radius 1 is 0.440 bits per heavy atom. The summed E-state index contributed by atoms with van der Waals surface area (Å²) >= 11 is 0. The van der Waals surface area contributed by atoms with Crippen LogP contribution in [0.25, 0.3) is 88.9 Å². The zero-order chi connectivity index (χ0) is 33.0. The number of hydrogen-bond donors (Lipinski definition) is 0. The monoisotopic (exact) mass is 639 g/mol. The summed E-state index contributed by atoms with van der Waals surface area (Å²) in [5, 5.41) is 4.57. The van der Waals surface area contributed by atoms with Crippen LogP contribution in [0.15, 0.2) is 176 Å². The summed E-state index contributed by atoms with van der Waals surface area (Å²) in [4.78, 5) is 14.9. The molecule has 234 valence electrons. The van der Waals surface area contributed by atoms with Gasteiger partial charge in [-0.2, -0.15) is 0 Å². The molecule has 0 bridgehead atoms. The number of fused-ring (bicyclic) bond motifs is 6. The van der Waals surface area contributed by atoms with E-state index in [0.717, 1.165) is 61.3 Å². The van der Waals surface area contributed by atoms with Crippen molar-refractivity contribution >= 4 is 43.6 Å². The molecule has 0 saturated heterocycles. The van der Waals surface area contributed by atoms with Crippen LogP contribution in [0.1, 0.15) is 0 Å². The molecule has 4 heterocycles. The number of rotatable bonds is 5. The molecule has 4 aromatic heterocycles. The molecule has 50 heavy (non-hydrogen) atoms. The van der Waals surface area contributed by atoms with E-state index in [9.17, 15) is 0 Å². The van der Waals surface area contributed by atoms with Gasteiger partial charge >= 0.3 is 0 Å². The fourth-order valence-electron chi connectivity index (χ4n) is 7.28. The third kappa shape index (κ3) is 4.52. The van der Waals surface area contributed by atoms with E-state index in [1.807, 2.05) is 36.5 Å². The van der Waals surface area contributed by atoms with Crippen LogP contribution in [0, 0.1) is 0 Å². The summed E-state index contributed by atoms with van der Waals surface area (Å²) in [6, 6.07) is 57.3. The topological polar surface area (TPSA) is 48.5 Å². The highest BCUT2D eigenvalue weighted by Gasteiger charge is 2.19. The first-order valence-corrected chi connectivity index (χ1v) is 16.8. The van der Waals surface area contributed by atoms with Gasteiger partial charge < -0.3 is 9.13 Å². The molecule has 0 radical (unpaired) electrons. The standard InChI is InChI=1S/C45H29N5/c1-3-11-33(12-4-1)49-28-26-37-41(49)25-23-35-38-29-32(22-24-42(38)50(44(35)37)34-13-5-2-6-14-34)45-47-40-17-8-7-15-36(40)43(48-45)31-20-18-30(19-21-31)39-16-9-10-27-46-39/h1-29H. The zero-order valence-electron chi connectivity index (χ0n) is 27.0. The number of pyridine rings is 1. The van der Waals surface area contributed by atoms with Crippen LogP contribution in [-0.4, -0.2) is 24.1 Å². The average molecular weight is 640 g/mol. The molecule has 0 aliphatic rings. The van der Waals surface area contributed by atoms with Gasteiger partial charge in [-0.15, -0.1) is 0 Å². The average Bonchev–Trinajstić information content (AvgIpc) is 3.78. The van der Waals surface area contributed by atoms with Crippen LogP contribution < -0.4 is 0 Å². The van der Waals surface area contributed by atoms with E-state index in [0.29, 0.717) is 5.82 Å². The van der Waals surface area contributed by atoms with Gasteiger partial charge in [-0.3, -0.25) is 4.98 Å². The van der Waals surface area contributed by atoms with Gasteiger partial charge in [0, 0.05) is 62.0 Å². The largest absolute Gasteiger partial charge is 0.316 e. The second-order valence-electron chi connectivity index (χ2n) is 12.5. The molecule has 0 fully saturated rings. The summed E-state index contributed by atoms with van der Waals surface area (Å²) in [6.45, 7) is 0. The summed E-state index contributed by atoms with van der Waals surface area (Å²) < 4.78 is 4.66. The van der Waals surface area contributed by atoms with Crippen molar-refractivity contribution in [2.75, 3.05) is 0 Å². The molecule has 10 aromatic rings. The number of benzene rings is 6. The lowest BCUT2D eigenvalue weighted by Crippen LogP contribution is -1.96. The summed E-state index contributed by atoms with van der Waals surface area (Å²) in [6.07, 6.45) is 4.00. The molecule has 0 aliphatic carbocycles. The van der Waals surface area contributed by atoms with Gasteiger partial charge in [0.15, 0.2) is 5.82 Å². The predicted molar refractivity (Wildman–Crippen MR) is 205 cm³/mol. The molecule has 0 unspecified atom stereocenters. The Hall–Kier alpha value is -6.85. The lowest BCUT2D eigenvalue weighted by molar-refractivity contribution is 1.13. The smallest absolute Gasteiger partial charge is 0.160 e. The van der Waals surface area contributed by atoms with Gasteiger partial charge in [0.1, 0.15) is 0 Å². The molecular weight excluding hydrogens is 611 g/mol. The van der Waals surface area contributed by atoms with E-state index in [1.54, 1.807) is 0 Å². The minimum absolute atomic E-state index is 0.700. The van der Waals surface area contributed by atoms with E-state index in [4.69, 9.17) is 9.97 Å². The van der Waals surface area contributed by atoms with Gasteiger partial charge in [-0.1, -0.05) is 91.0 Å². The molecule has 0 aliphatic heterocycles. The maximum absolute atomic E-state index is 5.25. The normalized spacial score (nSPS) is 11.6. The Morgan fingerprint density at radius 3 is 1.94 bits per heavy atom. The molecule has 5 nitrogen and oxygen atoms in total. The first-order chi connectivity index (χ1) is 24.8. The summed E-state index contributed by atoms with van der Waals surface area (Å²) in [5.41, 5.74) is 11.6. The molecule has 6 aromatic carbocycles. The highest BCUT2D eigenvalue weighted by molar-refractivity contribution is 6.19. The van der Waals surface area contributed by atoms with E-state index in [-0.39, 0.29) is 0 Å². The van der Waals surface area contributed by atoms with Crippen LogP contribution in [0.3, 0.4) is 0 Å². The molecule has 0 atom stereocenters. The van der Waals surface area contributed by atoms with Crippen LogP contribution >= 0.6 is 0 Å². The molecule has 0 amide bonds. The van der Waals surface area contributed by atoms with E-state index >= 15 is 0 Å². The van der Waals surface area contributed by atoms with E-state index in [2.05, 4.69) is 154 Å². The van der Waals surface area contributed by atoms with Crippen molar-refractivity contribution in [3.63, 3.8) is 0 Å². The summed E-state index contributed by atoms with van der Waals surface area (Å²) in [5.74, 6) is 0.700. The highest BCUT2D eigenvalue weighted by atomic mass is 15.0. The van der Waals surface area contributed by atoms with Gasteiger partial charge in [0.2, 0.25) is 0 Å². The molecule has 5 heteroatoms. The van der Waals surface area contributed by atoms with Crippen molar-refractivity contribution in [1.29, 1.82) is 0 Å². The van der Waals surface area contributed by atoms with Crippen molar-refractivity contribution in [1.82, 2.24) is 24.1 Å². The maximum Gasteiger partial charge on any atom is 0.160 e. The van der Waals surface area contributed by atoms with E-state index < -0.39 is 0 Å². The van der Waals surface area contributed by atoms with Gasteiger partial charge in [0.25, 0.3) is 0 Å². The SMILES string of the molecule is c1ccc(-n2ccc3c2ccc2c4cc(-c5nc(-c6ccc(-c7ccccn7)cc6)c6ccccc6n5)ccc4n(-c4ccccc4)c23)cc1. The van der Waals surface area contributed by atoms with Crippen molar-refractivity contribution in [3.05, 3.63) is 176 Å². The quantitative estimate of drug-likeness (QED) is 0.188. The first kappa shape index (κ1) is 28.2. The van der Waals surface area contributed by atoms with Gasteiger partial charge in [-0.25, -0.2) is 9.97 Å². The lowest BCUT2D eigenvalue weighted by Gasteiger charge is -2.11. The van der Waals surface area contributed by atoms with Crippen molar-refractivity contribution in [3.8, 4) is 45.3 Å². The first-order valence-electron chi connectivity index (χ1n) is 16.8. The second kappa shape index (κ2) is 11.4. The molecule has 0 spiro atoms. The fourth-order valence-corrected chi connectivity index (χ4v) is 7.28. The van der Waals surface area contributed by atoms with E-state index in [1.165, 1.54) is 21.8 Å². The van der Waals surface area contributed by atoms with Crippen molar-refractivity contribution in [2.24, 2.45) is 0 Å². The van der Waals surface area contributed by atoms with Crippen LogP contribution in [0.4, 0.5) is 0 Å². The minimum Gasteiger partial charge on any atom is -0.316 e. The predicted octanol–water partition coefficient (Wildman–Crippen LogP) is 11.1. The minimum atomic E-state index is 0.700. The van der Waals surface area contributed by atoms with Crippen LogP contribution in [0.2, 0.25) is 0 Å². The Labute approximate surface area is 288 Å². The fraction of sp³-hybridized carbons (Fsp3) is 0. The van der Waals surface area contributed by atoms with Gasteiger partial charge in [0.05, 0.1) is 33.5 Å². The van der Waals surface area contributed by atoms with Crippen molar-refractivity contribution < 1.29 is 0 Å². The van der Waals surface area contributed by atoms with Crippen LogP contribution in [-0.2, 0) is 0 Å². The number of para-hydroxylation sites is 3. The Bertz CT molecular complexity index is 2840. The number of aromatic nitrogens is 5. The molecular formula is C45H29N5. The Balaban J connectivity index is 1.17. The third-order valence-electron chi connectivity index (χ3n) is 9.62. The lowest BCUT2D eigenvalue weighted by atomic mass is 10.0. The Kier molecular flexibility index (Phi) is 6.42. The highest BCUT2D eigenvalue weighted by Crippen LogP contribution is 2.39.